The van der Waals surface area contributed by atoms with E-state index in [4.69, 9.17) is 16.0 Å². The van der Waals surface area contributed by atoms with Crippen LogP contribution in [0.5, 0.6) is 0 Å². The van der Waals surface area contributed by atoms with Crippen molar-refractivity contribution in [2.24, 2.45) is 0 Å². The molecule has 0 radical (unpaired) electrons. The van der Waals surface area contributed by atoms with Gasteiger partial charge in [0.2, 0.25) is 11.5 Å². The van der Waals surface area contributed by atoms with Crippen molar-refractivity contribution in [3.63, 3.8) is 0 Å². The van der Waals surface area contributed by atoms with Gasteiger partial charge in [0.1, 0.15) is 23.5 Å². The fourth-order valence-electron chi connectivity index (χ4n) is 2.66. The van der Waals surface area contributed by atoms with Crippen molar-refractivity contribution >= 4 is 45.3 Å². The number of aromatic nitrogens is 2. The number of benzene rings is 2. The lowest BCUT2D eigenvalue weighted by Crippen LogP contribution is -2.27. The zero-order chi connectivity index (χ0) is 18.3. The third-order valence-corrected chi connectivity index (χ3v) is 4.16. The second-order valence-corrected chi connectivity index (χ2v) is 6.04. The summed E-state index contributed by atoms with van der Waals surface area (Å²) in [6.07, 6.45) is 1.30. The average Bonchev–Trinajstić information content (AvgIpc) is 3.00. The number of furan rings is 1. The van der Waals surface area contributed by atoms with Crippen LogP contribution < -0.4 is 10.9 Å². The fourth-order valence-corrected chi connectivity index (χ4v) is 2.84. The number of carbonyl (C=O) groups is 1. The molecule has 6 nitrogen and oxygen atoms in total. The highest BCUT2D eigenvalue weighted by Crippen LogP contribution is 2.24. The van der Waals surface area contributed by atoms with E-state index in [-0.39, 0.29) is 17.2 Å². The van der Waals surface area contributed by atoms with Gasteiger partial charge in [-0.05, 0) is 30.3 Å². The quantitative estimate of drug-likeness (QED) is 0.597. The Labute approximate surface area is 150 Å². The van der Waals surface area contributed by atoms with Crippen molar-refractivity contribution in [1.82, 2.24) is 9.55 Å². The van der Waals surface area contributed by atoms with Gasteiger partial charge in [-0.2, -0.15) is 0 Å². The zero-order valence-corrected chi connectivity index (χ0v) is 14.0. The van der Waals surface area contributed by atoms with Gasteiger partial charge in [0, 0.05) is 11.1 Å². The molecule has 1 amide bonds. The monoisotopic (exact) mass is 371 g/mol. The second kappa shape index (κ2) is 6.27. The first kappa shape index (κ1) is 16.3. The third kappa shape index (κ3) is 2.82. The molecule has 4 rings (SSSR count). The maximum Gasteiger partial charge on any atom is 0.297 e. The number of amides is 1. The zero-order valence-electron chi connectivity index (χ0n) is 13.2. The topological polar surface area (TPSA) is 77.1 Å². The van der Waals surface area contributed by atoms with Gasteiger partial charge in [-0.1, -0.05) is 23.7 Å². The number of para-hydroxylation sites is 1. The lowest BCUT2D eigenvalue weighted by atomic mass is 10.2. The predicted octanol–water partition coefficient (Wildman–Crippen LogP) is 3.57. The summed E-state index contributed by atoms with van der Waals surface area (Å²) in [5.74, 6) is -1.06. The van der Waals surface area contributed by atoms with Crippen LogP contribution in [0.15, 0.2) is 58.0 Å². The molecule has 0 atom stereocenters. The summed E-state index contributed by atoms with van der Waals surface area (Å²) in [7, 11) is 0. The van der Waals surface area contributed by atoms with Crippen LogP contribution in [-0.4, -0.2) is 15.5 Å². The van der Waals surface area contributed by atoms with Crippen molar-refractivity contribution in [2.45, 2.75) is 6.54 Å². The smallest absolute Gasteiger partial charge is 0.297 e. The molecule has 2 heterocycles. The van der Waals surface area contributed by atoms with E-state index in [9.17, 15) is 14.0 Å². The molecule has 0 saturated carbocycles. The molecule has 0 spiro atoms. The number of hydrogen-bond acceptors (Lipinski definition) is 4. The normalized spacial score (nSPS) is 11.2. The number of anilines is 1. The minimum absolute atomic E-state index is 0.0892. The predicted molar refractivity (Wildman–Crippen MR) is 95.8 cm³/mol. The number of hydrogen-bond donors (Lipinski definition) is 1. The summed E-state index contributed by atoms with van der Waals surface area (Å²) >= 11 is 5.68. The Morgan fingerprint density at radius 1 is 1.27 bits per heavy atom. The van der Waals surface area contributed by atoms with Gasteiger partial charge in [0.25, 0.3) is 5.56 Å². The van der Waals surface area contributed by atoms with Crippen LogP contribution in [-0.2, 0) is 11.3 Å². The van der Waals surface area contributed by atoms with E-state index in [1.165, 1.54) is 18.5 Å². The van der Waals surface area contributed by atoms with Crippen molar-refractivity contribution in [3.8, 4) is 0 Å². The Bertz CT molecular complexity index is 1220. The molecular weight excluding hydrogens is 361 g/mol. The Balaban J connectivity index is 1.63. The molecule has 0 aliphatic heterocycles. The van der Waals surface area contributed by atoms with E-state index in [1.54, 1.807) is 12.1 Å². The van der Waals surface area contributed by atoms with Gasteiger partial charge in [-0.25, -0.2) is 9.37 Å². The highest BCUT2D eigenvalue weighted by molar-refractivity contribution is 6.31. The molecule has 130 valence electrons. The maximum absolute atomic E-state index is 13.2. The molecule has 2 aromatic carbocycles. The van der Waals surface area contributed by atoms with Crippen molar-refractivity contribution in [3.05, 3.63) is 70.0 Å². The standard InChI is InChI=1S/C18H11ClFN3O3/c19-12-7-10(5-6-13(12)20)22-15(24)8-23-9-21-16-11-3-1-2-4-14(11)26-17(16)18(23)25/h1-7,9H,8H2,(H,22,24). The van der Waals surface area contributed by atoms with E-state index in [2.05, 4.69) is 10.3 Å². The third-order valence-electron chi connectivity index (χ3n) is 3.87. The SMILES string of the molecule is O=C(Cn1cnc2c(oc3ccccc32)c1=O)Nc1ccc(F)c(Cl)c1. The lowest BCUT2D eigenvalue weighted by Gasteiger charge is -2.07. The van der Waals surface area contributed by atoms with Crippen LogP contribution in [0.2, 0.25) is 5.02 Å². The molecular formula is C18H11ClFN3O3. The molecule has 1 N–H and O–H groups in total. The largest absolute Gasteiger partial charge is 0.448 e. The number of rotatable bonds is 3. The first-order valence-corrected chi connectivity index (χ1v) is 8.02. The highest BCUT2D eigenvalue weighted by Gasteiger charge is 2.14. The number of fused-ring (bicyclic) bond motifs is 3. The van der Waals surface area contributed by atoms with E-state index in [0.29, 0.717) is 16.8 Å². The molecule has 0 aliphatic carbocycles. The van der Waals surface area contributed by atoms with Gasteiger partial charge in [-0.3, -0.25) is 14.2 Å². The molecule has 8 heteroatoms. The van der Waals surface area contributed by atoms with Crippen molar-refractivity contribution < 1.29 is 13.6 Å². The Kier molecular flexibility index (Phi) is 3.93. The van der Waals surface area contributed by atoms with Crippen LogP contribution in [0.3, 0.4) is 0 Å². The minimum Gasteiger partial charge on any atom is -0.448 e. The first-order chi connectivity index (χ1) is 12.5. The molecule has 0 bridgehead atoms. The lowest BCUT2D eigenvalue weighted by molar-refractivity contribution is -0.116. The van der Waals surface area contributed by atoms with E-state index < -0.39 is 17.3 Å². The average molecular weight is 372 g/mol. The molecule has 26 heavy (non-hydrogen) atoms. The molecule has 2 aromatic heterocycles. The van der Waals surface area contributed by atoms with Crippen LogP contribution in [0.1, 0.15) is 0 Å². The van der Waals surface area contributed by atoms with Gasteiger partial charge in [0.15, 0.2) is 0 Å². The number of nitrogens with zero attached hydrogens (tertiary/aromatic N) is 2. The number of carbonyl (C=O) groups excluding carboxylic acids is 1. The number of nitrogens with one attached hydrogen (secondary N) is 1. The van der Waals surface area contributed by atoms with Gasteiger partial charge in [-0.15, -0.1) is 0 Å². The minimum atomic E-state index is -0.583. The van der Waals surface area contributed by atoms with E-state index >= 15 is 0 Å². The van der Waals surface area contributed by atoms with Crippen LogP contribution >= 0.6 is 11.6 Å². The summed E-state index contributed by atoms with van der Waals surface area (Å²) in [6, 6.07) is 11.0. The fraction of sp³-hybridized carbons (Fsp3) is 0.0556. The molecule has 0 unspecified atom stereocenters. The van der Waals surface area contributed by atoms with E-state index in [0.717, 1.165) is 16.0 Å². The van der Waals surface area contributed by atoms with Gasteiger partial charge >= 0.3 is 0 Å². The van der Waals surface area contributed by atoms with Crippen LogP contribution in [0, 0.1) is 5.82 Å². The Morgan fingerprint density at radius 2 is 2.08 bits per heavy atom. The summed E-state index contributed by atoms with van der Waals surface area (Å²) in [5, 5.41) is 3.18. The van der Waals surface area contributed by atoms with Gasteiger partial charge in [0.05, 0.1) is 11.3 Å². The van der Waals surface area contributed by atoms with Gasteiger partial charge < -0.3 is 9.73 Å². The van der Waals surface area contributed by atoms with Crippen molar-refractivity contribution in [2.75, 3.05) is 5.32 Å². The summed E-state index contributed by atoms with van der Waals surface area (Å²) in [4.78, 5) is 29.0. The van der Waals surface area contributed by atoms with Crippen LogP contribution in [0.4, 0.5) is 10.1 Å². The molecule has 0 aliphatic rings. The summed E-state index contributed by atoms with van der Waals surface area (Å²) in [6.45, 7) is -0.270. The number of halogens is 2. The van der Waals surface area contributed by atoms with Crippen LogP contribution in [0.25, 0.3) is 22.1 Å². The van der Waals surface area contributed by atoms with Crippen molar-refractivity contribution in [1.29, 1.82) is 0 Å². The molecule has 4 aromatic rings. The molecule has 0 saturated heterocycles. The van der Waals surface area contributed by atoms with E-state index in [1.807, 2.05) is 12.1 Å². The maximum atomic E-state index is 13.2. The Hall–Kier alpha value is -3.19. The summed E-state index contributed by atoms with van der Waals surface area (Å²) < 4.78 is 19.9. The molecule has 0 fully saturated rings. The summed E-state index contributed by atoms with van der Waals surface area (Å²) in [5.41, 5.74) is 0.958. The Morgan fingerprint density at radius 3 is 2.88 bits per heavy atom. The first-order valence-electron chi connectivity index (χ1n) is 7.64. The highest BCUT2D eigenvalue weighted by atomic mass is 35.5. The second-order valence-electron chi connectivity index (χ2n) is 5.63.